The highest BCUT2D eigenvalue weighted by Crippen LogP contribution is 2.49. The molecule has 4 rings (SSSR count). The minimum Gasteiger partial charge on any atom is -0.497 e. The summed E-state index contributed by atoms with van der Waals surface area (Å²) in [5, 5.41) is 7.47. The Labute approximate surface area is 174 Å². The number of ether oxygens (including phenoxy) is 2. The Kier molecular flexibility index (Phi) is 5.24. The van der Waals surface area contributed by atoms with Crippen LogP contribution in [0.3, 0.4) is 0 Å². The van der Waals surface area contributed by atoms with Crippen molar-refractivity contribution in [3.8, 4) is 17.2 Å². The van der Waals surface area contributed by atoms with E-state index in [0.29, 0.717) is 5.82 Å². The van der Waals surface area contributed by atoms with Crippen LogP contribution in [0, 0.1) is 6.92 Å². The molecule has 1 amide bonds. The smallest absolute Gasteiger partial charge is 0.238 e. The number of aryl methyl sites for hydroxylation is 1. The standard InChI is InChI=1S/C22H23N3O3S/c1-13-19-20(17-12-16(27-3)10-11-18(17)28-4)29-14(2)22(26)23-21(19)25(24-13)15-8-6-5-7-9-15/h5-12,14,20H,1-4H3,(H,23,26)/t14-,20-/m0/s1. The van der Waals surface area contributed by atoms with Crippen molar-refractivity contribution in [1.29, 1.82) is 0 Å². The van der Waals surface area contributed by atoms with Crippen LogP contribution in [0.5, 0.6) is 11.5 Å². The number of aromatic nitrogens is 2. The third-order valence-electron chi connectivity index (χ3n) is 5.04. The third kappa shape index (κ3) is 3.46. The van der Waals surface area contributed by atoms with Gasteiger partial charge >= 0.3 is 0 Å². The molecule has 2 atom stereocenters. The minimum atomic E-state index is -0.244. The fraction of sp³-hybridized carbons (Fsp3) is 0.273. The number of hydrogen-bond acceptors (Lipinski definition) is 5. The zero-order valence-electron chi connectivity index (χ0n) is 16.8. The molecular formula is C22H23N3O3S. The first-order valence-electron chi connectivity index (χ1n) is 9.36. The molecule has 1 aliphatic rings. The molecule has 0 saturated carbocycles. The highest BCUT2D eigenvalue weighted by Gasteiger charge is 2.35. The topological polar surface area (TPSA) is 65.4 Å². The average Bonchev–Trinajstić information content (AvgIpc) is 3.00. The van der Waals surface area contributed by atoms with E-state index in [1.54, 1.807) is 30.7 Å². The lowest BCUT2D eigenvalue weighted by molar-refractivity contribution is -0.115. The molecule has 0 spiro atoms. The fourth-order valence-corrected chi connectivity index (χ4v) is 4.89. The fourth-order valence-electron chi connectivity index (χ4n) is 3.55. The second kappa shape index (κ2) is 7.83. The van der Waals surface area contributed by atoms with Gasteiger partial charge in [0.15, 0.2) is 0 Å². The molecule has 2 heterocycles. The molecule has 29 heavy (non-hydrogen) atoms. The number of rotatable bonds is 4. The van der Waals surface area contributed by atoms with Gasteiger partial charge in [0.2, 0.25) is 5.91 Å². The first-order valence-corrected chi connectivity index (χ1v) is 10.3. The van der Waals surface area contributed by atoms with Gasteiger partial charge in [-0.2, -0.15) is 5.10 Å². The molecule has 1 N–H and O–H groups in total. The highest BCUT2D eigenvalue weighted by atomic mass is 32.2. The van der Waals surface area contributed by atoms with Crippen molar-refractivity contribution in [2.75, 3.05) is 19.5 Å². The number of fused-ring (bicyclic) bond motifs is 1. The molecule has 0 fully saturated rings. The molecule has 1 aliphatic heterocycles. The van der Waals surface area contributed by atoms with Gasteiger partial charge < -0.3 is 14.8 Å². The van der Waals surface area contributed by atoms with Crippen LogP contribution in [0.2, 0.25) is 0 Å². The molecule has 7 heteroatoms. The number of benzene rings is 2. The summed E-state index contributed by atoms with van der Waals surface area (Å²) in [6.45, 7) is 3.89. The summed E-state index contributed by atoms with van der Waals surface area (Å²) < 4.78 is 12.9. The average molecular weight is 410 g/mol. The summed E-state index contributed by atoms with van der Waals surface area (Å²) in [6, 6.07) is 15.6. The van der Waals surface area contributed by atoms with E-state index in [-0.39, 0.29) is 16.4 Å². The highest BCUT2D eigenvalue weighted by molar-refractivity contribution is 8.01. The van der Waals surface area contributed by atoms with E-state index in [1.807, 2.05) is 62.4 Å². The molecule has 1 aromatic heterocycles. The number of nitrogens with zero attached hydrogens (tertiary/aromatic N) is 2. The van der Waals surface area contributed by atoms with E-state index in [9.17, 15) is 4.79 Å². The van der Waals surface area contributed by atoms with Gasteiger partial charge in [0, 0.05) is 11.1 Å². The molecule has 2 aromatic carbocycles. The number of carbonyl (C=O) groups is 1. The Morgan fingerprint density at radius 2 is 1.86 bits per heavy atom. The lowest BCUT2D eigenvalue weighted by Crippen LogP contribution is -2.22. The van der Waals surface area contributed by atoms with Crippen molar-refractivity contribution in [3.63, 3.8) is 0 Å². The van der Waals surface area contributed by atoms with Crippen LogP contribution in [-0.4, -0.2) is 35.2 Å². The molecule has 6 nitrogen and oxygen atoms in total. The van der Waals surface area contributed by atoms with Crippen LogP contribution < -0.4 is 14.8 Å². The third-order valence-corrected chi connectivity index (χ3v) is 6.42. The summed E-state index contributed by atoms with van der Waals surface area (Å²) in [6.07, 6.45) is 0. The van der Waals surface area contributed by atoms with Gasteiger partial charge in [0.1, 0.15) is 17.3 Å². The molecule has 0 saturated heterocycles. The Bertz CT molecular complexity index is 1050. The lowest BCUT2D eigenvalue weighted by atomic mass is 10.0. The van der Waals surface area contributed by atoms with Crippen LogP contribution in [0.1, 0.15) is 29.0 Å². The summed E-state index contributed by atoms with van der Waals surface area (Å²) in [7, 11) is 3.30. The van der Waals surface area contributed by atoms with Gasteiger partial charge in [-0.1, -0.05) is 18.2 Å². The maximum Gasteiger partial charge on any atom is 0.238 e. The number of methoxy groups -OCH3 is 2. The molecule has 150 valence electrons. The van der Waals surface area contributed by atoms with Crippen molar-refractivity contribution >= 4 is 23.5 Å². The Morgan fingerprint density at radius 3 is 2.55 bits per heavy atom. The number of amides is 1. The quantitative estimate of drug-likeness (QED) is 0.694. The Balaban J connectivity index is 1.94. The predicted octanol–water partition coefficient (Wildman–Crippen LogP) is 4.36. The van der Waals surface area contributed by atoms with E-state index in [4.69, 9.17) is 14.6 Å². The number of anilines is 1. The molecular weight excluding hydrogens is 386 g/mol. The minimum absolute atomic E-state index is 0.0438. The van der Waals surface area contributed by atoms with Gasteiger partial charge in [-0.05, 0) is 44.2 Å². The first kappa shape index (κ1) is 19.4. The molecule has 3 aromatic rings. The van der Waals surface area contributed by atoms with Gasteiger partial charge in [-0.3, -0.25) is 4.79 Å². The lowest BCUT2D eigenvalue weighted by Gasteiger charge is -2.20. The van der Waals surface area contributed by atoms with Crippen molar-refractivity contribution < 1.29 is 14.3 Å². The van der Waals surface area contributed by atoms with Crippen LogP contribution in [0.4, 0.5) is 5.82 Å². The van der Waals surface area contributed by atoms with Crippen LogP contribution in [0.25, 0.3) is 5.69 Å². The summed E-state index contributed by atoms with van der Waals surface area (Å²) in [5.74, 6) is 2.15. The van der Waals surface area contributed by atoms with E-state index < -0.39 is 0 Å². The van der Waals surface area contributed by atoms with E-state index >= 15 is 0 Å². The summed E-state index contributed by atoms with van der Waals surface area (Å²) in [5.41, 5.74) is 3.69. The van der Waals surface area contributed by atoms with Gasteiger partial charge in [-0.15, -0.1) is 11.8 Å². The van der Waals surface area contributed by atoms with Gasteiger partial charge in [-0.25, -0.2) is 4.68 Å². The van der Waals surface area contributed by atoms with Crippen molar-refractivity contribution in [3.05, 3.63) is 65.4 Å². The normalized spacial score (nSPS) is 18.6. The van der Waals surface area contributed by atoms with Gasteiger partial charge in [0.25, 0.3) is 0 Å². The van der Waals surface area contributed by atoms with Crippen LogP contribution in [0.15, 0.2) is 48.5 Å². The maximum absolute atomic E-state index is 12.8. The summed E-state index contributed by atoms with van der Waals surface area (Å²) in [4.78, 5) is 12.8. The van der Waals surface area contributed by atoms with Crippen LogP contribution >= 0.6 is 11.8 Å². The van der Waals surface area contributed by atoms with Gasteiger partial charge in [0.05, 0.1) is 36.1 Å². The predicted molar refractivity (Wildman–Crippen MR) is 115 cm³/mol. The van der Waals surface area contributed by atoms with Crippen molar-refractivity contribution in [2.24, 2.45) is 0 Å². The van der Waals surface area contributed by atoms with E-state index in [1.165, 1.54) is 0 Å². The largest absolute Gasteiger partial charge is 0.497 e. The monoisotopic (exact) mass is 409 g/mol. The molecule has 0 radical (unpaired) electrons. The van der Waals surface area contributed by atoms with Crippen LogP contribution in [-0.2, 0) is 4.79 Å². The number of nitrogens with one attached hydrogen (secondary N) is 1. The zero-order valence-corrected chi connectivity index (χ0v) is 17.6. The van der Waals surface area contributed by atoms with E-state index in [0.717, 1.165) is 34.0 Å². The molecule has 0 bridgehead atoms. The molecule has 0 aliphatic carbocycles. The first-order chi connectivity index (χ1) is 14.0. The second-order valence-electron chi connectivity index (χ2n) is 6.85. The zero-order chi connectivity index (χ0) is 20.5. The number of para-hydroxylation sites is 1. The maximum atomic E-state index is 12.8. The Morgan fingerprint density at radius 1 is 1.10 bits per heavy atom. The number of carbonyl (C=O) groups excluding carboxylic acids is 1. The summed E-state index contributed by atoms with van der Waals surface area (Å²) >= 11 is 1.58. The second-order valence-corrected chi connectivity index (χ2v) is 8.30. The SMILES string of the molecule is COc1ccc(OC)c([C@@H]2S[C@@H](C)C(=O)Nc3c2c(C)nn3-c2ccccc2)c1. The van der Waals surface area contributed by atoms with Crippen molar-refractivity contribution in [2.45, 2.75) is 24.3 Å². The van der Waals surface area contributed by atoms with E-state index in [2.05, 4.69) is 5.32 Å². The van der Waals surface area contributed by atoms with Crippen molar-refractivity contribution in [1.82, 2.24) is 9.78 Å². The number of thioether (sulfide) groups is 1. The Hall–Kier alpha value is -2.93. The molecule has 0 unspecified atom stereocenters. The number of hydrogen-bond donors (Lipinski definition) is 1.